The lowest BCUT2D eigenvalue weighted by atomic mass is 9.78. The van der Waals surface area contributed by atoms with Crippen molar-refractivity contribution >= 4 is 0 Å². The maximum atomic E-state index is 14.9. The molecule has 0 heterocycles. The molecule has 1 fully saturated rings. The molecule has 3 aromatic rings. The predicted octanol–water partition coefficient (Wildman–Crippen LogP) is 10.1. The molecular weight excluding hydrogens is 493 g/mol. The average molecular weight is 523 g/mol. The Bertz CT molecular complexity index is 1210. The van der Waals surface area contributed by atoms with Crippen molar-refractivity contribution in [3.05, 3.63) is 82.9 Å². The molecule has 7 heteroatoms. The smallest absolute Gasteiger partial charge is 0.206 e. The second kappa shape index (κ2) is 11.3. The Labute approximate surface area is 212 Å². The first-order chi connectivity index (χ1) is 17.6. The fraction of sp³-hybridized carbons (Fsp3) is 0.400. The summed E-state index contributed by atoms with van der Waals surface area (Å²) in [6.45, 7) is 2.22. The van der Waals surface area contributed by atoms with Crippen LogP contribution in [0.1, 0.15) is 63.0 Å². The molecule has 0 aliphatic heterocycles. The molecule has 0 spiro atoms. The standard InChI is InChI=1S/C30H29F7/c1-2-3-18-4-6-19(7-5-18)8-9-20-10-12-23(25(31)14-20)21-11-13-24(26(32)15-21)22-16-27(33)29(28(34)17-22)30(35,36)37/h10-19H,2-9H2,1H3. The summed E-state index contributed by atoms with van der Waals surface area (Å²) in [5.74, 6) is -3.62. The number of alkyl halides is 3. The van der Waals surface area contributed by atoms with Crippen molar-refractivity contribution in [3.8, 4) is 22.3 Å². The van der Waals surface area contributed by atoms with E-state index in [0.717, 1.165) is 30.4 Å². The van der Waals surface area contributed by atoms with E-state index in [1.807, 2.05) is 6.07 Å². The second-order valence-corrected chi connectivity index (χ2v) is 10.0. The van der Waals surface area contributed by atoms with Gasteiger partial charge in [0.25, 0.3) is 0 Å². The van der Waals surface area contributed by atoms with Gasteiger partial charge in [-0.15, -0.1) is 0 Å². The van der Waals surface area contributed by atoms with Gasteiger partial charge >= 0.3 is 6.18 Å². The highest BCUT2D eigenvalue weighted by molar-refractivity contribution is 5.72. The molecule has 0 bridgehead atoms. The van der Waals surface area contributed by atoms with Gasteiger partial charge in [-0.05, 0) is 65.6 Å². The van der Waals surface area contributed by atoms with Gasteiger partial charge < -0.3 is 0 Å². The lowest BCUT2D eigenvalue weighted by molar-refractivity contribution is -0.142. The quantitative estimate of drug-likeness (QED) is 0.271. The van der Waals surface area contributed by atoms with E-state index in [1.54, 1.807) is 6.07 Å². The first kappa shape index (κ1) is 27.2. The molecule has 0 atom stereocenters. The van der Waals surface area contributed by atoms with E-state index in [-0.39, 0.29) is 22.3 Å². The molecular formula is C30H29F7. The highest BCUT2D eigenvalue weighted by Crippen LogP contribution is 2.38. The maximum Gasteiger partial charge on any atom is 0.422 e. The molecule has 4 rings (SSSR count). The van der Waals surface area contributed by atoms with Gasteiger partial charge in [0.15, 0.2) is 0 Å². The zero-order valence-corrected chi connectivity index (χ0v) is 20.6. The van der Waals surface area contributed by atoms with Crippen molar-refractivity contribution in [1.82, 2.24) is 0 Å². The van der Waals surface area contributed by atoms with Crippen LogP contribution in [-0.4, -0.2) is 0 Å². The average Bonchev–Trinajstić information content (AvgIpc) is 2.82. The summed E-state index contributed by atoms with van der Waals surface area (Å²) in [6, 6.07) is 9.28. The van der Waals surface area contributed by atoms with Gasteiger partial charge in [-0.25, -0.2) is 17.6 Å². The molecule has 1 saturated carbocycles. The fourth-order valence-corrected chi connectivity index (χ4v) is 5.45. The molecule has 0 nitrogen and oxygen atoms in total. The molecule has 0 radical (unpaired) electrons. The van der Waals surface area contributed by atoms with Gasteiger partial charge in [-0.2, -0.15) is 13.2 Å². The largest absolute Gasteiger partial charge is 0.422 e. The minimum Gasteiger partial charge on any atom is -0.206 e. The van der Waals surface area contributed by atoms with Gasteiger partial charge in [0.1, 0.15) is 28.8 Å². The zero-order chi connectivity index (χ0) is 26.7. The summed E-state index contributed by atoms with van der Waals surface area (Å²) in [6.07, 6.45) is 4.01. The summed E-state index contributed by atoms with van der Waals surface area (Å²) in [4.78, 5) is 0. The van der Waals surface area contributed by atoms with E-state index in [9.17, 15) is 30.7 Å². The molecule has 0 N–H and O–H groups in total. The molecule has 1 aliphatic rings. The molecule has 0 unspecified atom stereocenters. The van der Waals surface area contributed by atoms with Crippen LogP contribution in [0.2, 0.25) is 0 Å². The SMILES string of the molecule is CCCC1CCC(CCc2ccc(-c3ccc(-c4cc(F)c(C(F)(F)F)c(F)c4)c(F)c3)c(F)c2)CC1. The first-order valence-electron chi connectivity index (χ1n) is 12.7. The Hall–Kier alpha value is -2.83. The van der Waals surface area contributed by atoms with Gasteiger partial charge in [0.2, 0.25) is 0 Å². The van der Waals surface area contributed by atoms with E-state index in [2.05, 4.69) is 6.92 Å². The van der Waals surface area contributed by atoms with Gasteiger partial charge in [-0.1, -0.05) is 69.7 Å². The third-order valence-corrected chi connectivity index (χ3v) is 7.45. The summed E-state index contributed by atoms with van der Waals surface area (Å²) >= 11 is 0. The van der Waals surface area contributed by atoms with Crippen molar-refractivity contribution < 1.29 is 30.7 Å². The Morgan fingerprint density at radius 2 is 1.16 bits per heavy atom. The lowest BCUT2D eigenvalue weighted by Gasteiger charge is -2.28. The summed E-state index contributed by atoms with van der Waals surface area (Å²) in [5, 5.41) is 0. The molecule has 0 amide bonds. The minimum absolute atomic E-state index is 0.166. The van der Waals surface area contributed by atoms with Crippen molar-refractivity contribution in [1.29, 1.82) is 0 Å². The van der Waals surface area contributed by atoms with E-state index in [1.165, 1.54) is 56.7 Å². The number of aryl methyl sites for hydroxylation is 1. The van der Waals surface area contributed by atoms with E-state index >= 15 is 0 Å². The van der Waals surface area contributed by atoms with E-state index in [4.69, 9.17) is 0 Å². The van der Waals surface area contributed by atoms with Gasteiger partial charge in [-0.3, -0.25) is 0 Å². The molecule has 37 heavy (non-hydrogen) atoms. The topological polar surface area (TPSA) is 0 Å². The number of rotatable bonds is 7. The van der Waals surface area contributed by atoms with Crippen LogP contribution in [0.15, 0.2) is 48.5 Å². The monoisotopic (exact) mass is 522 g/mol. The first-order valence-corrected chi connectivity index (χ1v) is 12.7. The third-order valence-electron chi connectivity index (χ3n) is 7.45. The minimum atomic E-state index is -5.22. The van der Waals surface area contributed by atoms with Crippen LogP contribution in [0.5, 0.6) is 0 Å². The lowest BCUT2D eigenvalue weighted by Crippen LogP contribution is -2.15. The number of benzene rings is 3. The summed E-state index contributed by atoms with van der Waals surface area (Å²) in [7, 11) is 0. The highest BCUT2D eigenvalue weighted by Gasteiger charge is 2.38. The van der Waals surface area contributed by atoms with Crippen molar-refractivity contribution in [2.45, 2.75) is 64.5 Å². The Morgan fingerprint density at radius 3 is 1.70 bits per heavy atom. The fourth-order valence-electron chi connectivity index (χ4n) is 5.45. The maximum absolute atomic E-state index is 14.9. The van der Waals surface area contributed by atoms with Gasteiger partial charge in [0, 0.05) is 11.1 Å². The Kier molecular flexibility index (Phi) is 8.29. The third kappa shape index (κ3) is 6.36. The van der Waals surface area contributed by atoms with Crippen LogP contribution < -0.4 is 0 Å². The van der Waals surface area contributed by atoms with Gasteiger partial charge in [0.05, 0.1) is 0 Å². The van der Waals surface area contributed by atoms with E-state index in [0.29, 0.717) is 18.1 Å². The van der Waals surface area contributed by atoms with Crippen LogP contribution in [0, 0.1) is 35.1 Å². The van der Waals surface area contributed by atoms with Crippen LogP contribution in [0.4, 0.5) is 30.7 Å². The highest BCUT2D eigenvalue weighted by atomic mass is 19.4. The Balaban J connectivity index is 1.47. The van der Waals surface area contributed by atoms with Crippen molar-refractivity contribution in [2.24, 2.45) is 11.8 Å². The number of hydrogen-bond acceptors (Lipinski definition) is 0. The van der Waals surface area contributed by atoms with Crippen LogP contribution in [0.25, 0.3) is 22.3 Å². The van der Waals surface area contributed by atoms with Crippen LogP contribution in [0.3, 0.4) is 0 Å². The molecule has 1 aliphatic carbocycles. The number of hydrogen-bond donors (Lipinski definition) is 0. The van der Waals surface area contributed by atoms with Crippen molar-refractivity contribution in [2.75, 3.05) is 0 Å². The summed E-state index contributed by atoms with van der Waals surface area (Å²) < 4.78 is 96.2. The predicted molar refractivity (Wildman–Crippen MR) is 131 cm³/mol. The molecule has 3 aromatic carbocycles. The normalized spacial score (nSPS) is 18.3. The van der Waals surface area contributed by atoms with Crippen LogP contribution in [-0.2, 0) is 12.6 Å². The van der Waals surface area contributed by atoms with Crippen LogP contribution >= 0.6 is 0 Å². The van der Waals surface area contributed by atoms with E-state index < -0.39 is 35.0 Å². The Morgan fingerprint density at radius 1 is 0.649 bits per heavy atom. The molecule has 198 valence electrons. The molecule has 0 saturated heterocycles. The molecule has 0 aromatic heterocycles. The number of halogens is 7. The zero-order valence-electron chi connectivity index (χ0n) is 20.6. The summed E-state index contributed by atoms with van der Waals surface area (Å²) in [5.41, 5.74) is -1.46. The second-order valence-electron chi connectivity index (χ2n) is 10.0. The van der Waals surface area contributed by atoms with Crippen molar-refractivity contribution in [3.63, 3.8) is 0 Å².